The Morgan fingerprint density at radius 2 is 2.00 bits per heavy atom. The molecular formula is C13H23NO4. The van der Waals surface area contributed by atoms with Crippen molar-refractivity contribution < 1.29 is 19.4 Å². The maximum Gasteiger partial charge on any atom is 0.326 e. The number of amides is 1. The topological polar surface area (TPSA) is 66.8 Å². The van der Waals surface area contributed by atoms with Crippen LogP contribution in [0.5, 0.6) is 0 Å². The van der Waals surface area contributed by atoms with Crippen LogP contribution in [0.1, 0.15) is 46.0 Å². The van der Waals surface area contributed by atoms with Crippen molar-refractivity contribution in [3.05, 3.63) is 0 Å². The number of carboxylic acid groups (broad SMARTS) is 1. The van der Waals surface area contributed by atoms with Gasteiger partial charge >= 0.3 is 5.97 Å². The number of hydrogen-bond acceptors (Lipinski definition) is 3. The summed E-state index contributed by atoms with van der Waals surface area (Å²) in [5.41, 5.74) is -0.549. The summed E-state index contributed by atoms with van der Waals surface area (Å²) in [5, 5.41) is 9.21. The standard InChI is InChI=1S/C13H23NO4/c1-13(2,18-3)9-11(15)14-8-6-4-5-7-10(14)12(16)17/h10H,4-9H2,1-3H3,(H,16,17). The number of likely N-dealkylation sites (tertiary alicyclic amines) is 1. The molecular weight excluding hydrogens is 234 g/mol. The van der Waals surface area contributed by atoms with Gasteiger partial charge in [0.05, 0.1) is 12.0 Å². The zero-order valence-electron chi connectivity index (χ0n) is 11.4. The summed E-state index contributed by atoms with van der Waals surface area (Å²) in [7, 11) is 1.56. The highest BCUT2D eigenvalue weighted by Gasteiger charge is 2.33. The van der Waals surface area contributed by atoms with E-state index in [-0.39, 0.29) is 12.3 Å². The van der Waals surface area contributed by atoms with Gasteiger partial charge in [0.25, 0.3) is 0 Å². The number of aliphatic carboxylic acids is 1. The van der Waals surface area contributed by atoms with Crippen LogP contribution in [0.15, 0.2) is 0 Å². The third kappa shape index (κ3) is 3.98. The lowest BCUT2D eigenvalue weighted by molar-refractivity contribution is -0.152. The van der Waals surface area contributed by atoms with Crippen LogP contribution in [-0.4, -0.2) is 47.2 Å². The molecule has 1 aliphatic rings. The first-order chi connectivity index (χ1) is 8.37. The normalized spacial score (nSPS) is 21.5. The first kappa shape index (κ1) is 15.0. The minimum absolute atomic E-state index is 0.129. The summed E-state index contributed by atoms with van der Waals surface area (Å²) < 4.78 is 5.23. The predicted octanol–water partition coefficient (Wildman–Crippen LogP) is 1.66. The molecule has 5 heteroatoms. The highest BCUT2D eigenvalue weighted by atomic mass is 16.5. The van der Waals surface area contributed by atoms with Gasteiger partial charge < -0.3 is 14.7 Å². The van der Waals surface area contributed by atoms with Crippen molar-refractivity contribution >= 4 is 11.9 Å². The molecule has 1 aliphatic heterocycles. The second-order valence-corrected chi connectivity index (χ2v) is 5.43. The Morgan fingerprint density at radius 3 is 2.56 bits per heavy atom. The Labute approximate surface area is 108 Å². The average Bonchev–Trinajstić information content (AvgIpc) is 2.53. The molecule has 0 aliphatic carbocycles. The zero-order valence-corrected chi connectivity index (χ0v) is 11.4. The second-order valence-electron chi connectivity index (χ2n) is 5.43. The monoisotopic (exact) mass is 257 g/mol. The summed E-state index contributed by atoms with van der Waals surface area (Å²) in [4.78, 5) is 25.0. The molecule has 1 unspecified atom stereocenters. The molecule has 1 fully saturated rings. The van der Waals surface area contributed by atoms with Crippen LogP contribution in [0, 0.1) is 0 Å². The Bertz CT molecular complexity index is 314. The summed E-state index contributed by atoms with van der Waals surface area (Å²) in [6.45, 7) is 4.20. The zero-order chi connectivity index (χ0) is 13.8. The molecule has 0 aromatic heterocycles. The fourth-order valence-corrected chi connectivity index (χ4v) is 2.20. The van der Waals surface area contributed by atoms with E-state index in [9.17, 15) is 14.7 Å². The van der Waals surface area contributed by atoms with E-state index in [1.54, 1.807) is 7.11 Å². The molecule has 0 saturated carbocycles. The highest BCUT2D eigenvalue weighted by Crippen LogP contribution is 2.21. The van der Waals surface area contributed by atoms with Crippen molar-refractivity contribution in [3.8, 4) is 0 Å². The van der Waals surface area contributed by atoms with Crippen LogP contribution in [0.3, 0.4) is 0 Å². The number of methoxy groups -OCH3 is 1. The highest BCUT2D eigenvalue weighted by molar-refractivity contribution is 5.84. The molecule has 0 aromatic carbocycles. The smallest absolute Gasteiger partial charge is 0.326 e. The second kappa shape index (κ2) is 6.18. The van der Waals surface area contributed by atoms with Crippen molar-refractivity contribution in [1.82, 2.24) is 4.90 Å². The van der Waals surface area contributed by atoms with Gasteiger partial charge in [-0.2, -0.15) is 0 Å². The molecule has 0 spiro atoms. The lowest BCUT2D eigenvalue weighted by Crippen LogP contribution is -2.46. The third-order valence-corrected chi connectivity index (χ3v) is 3.49. The minimum Gasteiger partial charge on any atom is -0.480 e. The number of carbonyl (C=O) groups excluding carboxylic acids is 1. The van der Waals surface area contributed by atoms with Gasteiger partial charge in [0, 0.05) is 13.7 Å². The average molecular weight is 257 g/mol. The van der Waals surface area contributed by atoms with E-state index in [1.807, 2.05) is 13.8 Å². The van der Waals surface area contributed by atoms with Crippen molar-refractivity contribution in [2.45, 2.75) is 57.6 Å². The summed E-state index contributed by atoms with van der Waals surface area (Å²) >= 11 is 0. The maximum absolute atomic E-state index is 12.2. The van der Waals surface area contributed by atoms with Gasteiger partial charge in [0.2, 0.25) is 5.91 Å². The fourth-order valence-electron chi connectivity index (χ4n) is 2.20. The number of ether oxygens (including phenoxy) is 1. The fraction of sp³-hybridized carbons (Fsp3) is 0.846. The molecule has 1 heterocycles. The molecule has 104 valence electrons. The van der Waals surface area contributed by atoms with Crippen LogP contribution in [-0.2, 0) is 14.3 Å². The van der Waals surface area contributed by atoms with E-state index in [1.165, 1.54) is 4.90 Å². The molecule has 5 nitrogen and oxygen atoms in total. The van der Waals surface area contributed by atoms with E-state index in [0.29, 0.717) is 13.0 Å². The quantitative estimate of drug-likeness (QED) is 0.831. The molecule has 18 heavy (non-hydrogen) atoms. The maximum atomic E-state index is 12.2. The van der Waals surface area contributed by atoms with Gasteiger partial charge in [-0.3, -0.25) is 4.79 Å². The first-order valence-corrected chi connectivity index (χ1v) is 6.45. The van der Waals surface area contributed by atoms with Crippen molar-refractivity contribution in [2.75, 3.05) is 13.7 Å². The number of carbonyl (C=O) groups is 2. The van der Waals surface area contributed by atoms with E-state index < -0.39 is 17.6 Å². The molecule has 0 aromatic rings. The van der Waals surface area contributed by atoms with Crippen molar-refractivity contribution in [3.63, 3.8) is 0 Å². The van der Waals surface area contributed by atoms with Gasteiger partial charge in [0.15, 0.2) is 0 Å². The van der Waals surface area contributed by atoms with Crippen LogP contribution in [0.25, 0.3) is 0 Å². The Kier molecular flexibility index (Phi) is 5.14. The van der Waals surface area contributed by atoms with Gasteiger partial charge in [-0.15, -0.1) is 0 Å². The van der Waals surface area contributed by atoms with Gasteiger partial charge in [-0.1, -0.05) is 12.8 Å². The Morgan fingerprint density at radius 1 is 1.33 bits per heavy atom. The van der Waals surface area contributed by atoms with E-state index in [0.717, 1.165) is 19.3 Å². The van der Waals surface area contributed by atoms with Crippen LogP contribution < -0.4 is 0 Å². The largest absolute Gasteiger partial charge is 0.480 e. The predicted molar refractivity (Wildman–Crippen MR) is 67.3 cm³/mol. The SMILES string of the molecule is COC(C)(C)CC(=O)N1CCCCCC1C(=O)O. The molecule has 0 bridgehead atoms. The Balaban J connectivity index is 2.76. The van der Waals surface area contributed by atoms with Crippen LogP contribution in [0.2, 0.25) is 0 Å². The van der Waals surface area contributed by atoms with Crippen molar-refractivity contribution in [1.29, 1.82) is 0 Å². The molecule has 1 amide bonds. The summed E-state index contributed by atoms with van der Waals surface area (Å²) in [6, 6.07) is -0.673. The van der Waals surface area contributed by atoms with E-state index in [2.05, 4.69) is 0 Å². The third-order valence-electron chi connectivity index (χ3n) is 3.49. The molecule has 1 rings (SSSR count). The number of hydrogen-bond donors (Lipinski definition) is 1. The van der Waals surface area contributed by atoms with Gasteiger partial charge in [0.1, 0.15) is 6.04 Å². The molecule has 1 atom stereocenters. The Hall–Kier alpha value is -1.10. The number of nitrogens with zero attached hydrogens (tertiary/aromatic N) is 1. The molecule has 1 saturated heterocycles. The molecule has 0 radical (unpaired) electrons. The van der Waals surface area contributed by atoms with Crippen LogP contribution >= 0.6 is 0 Å². The van der Waals surface area contributed by atoms with Crippen LogP contribution in [0.4, 0.5) is 0 Å². The summed E-state index contributed by atoms with van der Waals surface area (Å²) in [6.07, 6.45) is 3.50. The first-order valence-electron chi connectivity index (χ1n) is 6.45. The van der Waals surface area contributed by atoms with Gasteiger partial charge in [-0.05, 0) is 26.7 Å². The lowest BCUT2D eigenvalue weighted by atomic mass is 10.0. The minimum atomic E-state index is -0.902. The summed E-state index contributed by atoms with van der Waals surface area (Å²) in [5.74, 6) is -1.03. The number of carboxylic acids is 1. The number of rotatable bonds is 4. The lowest BCUT2D eigenvalue weighted by Gasteiger charge is -2.30. The van der Waals surface area contributed by atoms with Gasteiger partial charge in [-0.25, -0.2) is 4.79 Å². The van der Waals surface area contributed by atoms with E-state index >= 15 is 0 Å². The van der Waals surface area contributed by atoms with Crippen molar-refractivity contribution in [2.24, 2.45) is 0 Å². The molecule has 1 N–H and O–H groups in total. The van der Waals surface area contributed by atoms with E-state index in [4.69, 9.17) is 4.74 Å².